The summed E-state index contributed by atoms with van der Waals surface area (Å²) in [6.45, 7) is 3.49. The molecule has 0 radical (unpaired) electrons. The van der Waals surface area contributed by atoms with Crippen LogP contribution in [0.1, 0.15) is 26.7 Å². The van der Waals surface area contributed by atoms with Gasteiger partial charge >= 0.3 is 6.18 Å². The van der Waals surface area contributed by atoms with Crippen molar-refractivity contribution in [3.05, 3.63) is 0 Å². The van der Waals surface area contributed by atoms with Crippen LogP contribution < -0.4 is 0 Å². The fourth-order valence-corrected chi connectivity index (χ4v) is 0.717. The minimum absolute atomic E-state index is 0.0340. The Labute approximate surface area is 75.7 Å². The molecular weight excluding hydrogens is 185 g/mol. The van der Waals surface area contributed by atoms with Crippen LogP contribution in [-0.4, -0.2) is 30.1 Å². The van der Waals surface area contributed by atoms with Crippen LogP contribution >= 0.6 is 0 Å². The van der Waals surface area contributed by atoms with Gasteiger partial charge in [0.25, 0.3) is 0 Å². The number of alkyl halides is 3. The zero-order valence-electron chi connectivity index (χ0n) is 7.77. The molecule has 2 nitrogen and oxygen atoms in total. The summed E-state index contributed by atoms with van der Waals surface area (Å²) in [6.07, 6.45) is -6.55. The summed E-state index contributed by atoms with van der Waals surface area (Å²) in [6, 6.07) is 0. The predicted octanol–water partition coefficient (Wildman–Crippen LogP) is 2.11. The summed E-state index contributed by atoms with van der Waals surface area (Å²) in [5.41, 5.74) is 0. The number of halogens is 3. The minimum atomic E-state index is -4.20. The lowest BCUT2D eigenvalue weighted by atomic mass is 10.2. The van der Waals surface area contributed by atoms with Gasteiger partial charge in [0, 0.05) is 6.42 Å². The highest BCUT2D eigenvalue weighted by Crippen LogP contribution is 2.22. The smallest absolute Gasteiger partial charge is 0.389 e. The van der Waals surface area contributed by atoms with E-state index in [1.165, 1.54) is 0 Å². The molecule has 0 saturated carbocycles. The molecule has 0 saturated heterocycles. The maximum atomic E-state index is 11.7. The predicted molar refractivity (Wildman–Crippen MR) is 42.4 cm³/mol. The molecule has 0 aliphatic carbocycles. The van der Waals surface area contributed by atoms with E-state index in [0.29, 0.717) is 0 Å². The fourth-order valence-electron chi connectivity index (χ4n) is 0.717. The van der Waals surface area contributed by atoms with Crippen molar-refractivity contribution in [1.29, 1.82) is 0 Å². The summed E-state index contributed by atoms with van der Waals surface area (Å²) in [5, 5.41) is 9.04. The minimum Gasteiger partial charge on any atom is -0.391 e. The molecule has 0 aliphatic rings. The third kappa shape index (κ3) is 9.63. The van der Waals surface area contributed by atoms with E-state index in [4.69, 9.17) is 9.84 Å². The highest BCUT2D eigenvalue weighted by atomic mass is 19.4. The SMILES string of the molecule is CC(C)OCC(O)CCC(F)(F)F. The van der Waals surface area contributed by atoms with Crippen LogP contribution in [0.15, 0.2) is 0 Å². The molecule has 1 unspecified atom stereocenters. The summed E-state index contributed by atoms with van der Waals surface area (Å²) in [4.78, 5) is 0. The monoisotopic (exact) mass is 200 g/mol. The van der Waals surface area contributed by atoms with Gasteiger partial charge in [0.05, 0.1) is 18.8 Å². The Morgan fingerprint density at radius 2 is 1.85 bits per heavy atom. The second-order valence-corrected chi connectivity index (χ2v) is 3.19. The molecule has 0 heterocycles. The third-order valence-electron chi connectivity index (χ3n) is 1.38. The van der Waals surface area contributed by atoms with Crippen LogP contribution in [0.25, 0.3) is 0 Å². The first-order valence-corrected chi connectivity index (χ1v) is 4.17. The molecule has 0 aromatic heterocycles. The van der Waals surface area contributed by atoms with Gasteiger partial charge in [-0.05, 0) is 20.3 Å². The number of hydrogen-bond acceptors (Lipinski definition) is 2. The van der Waals surface area contributed by atoms with Crippen molar-refractivity contribution in [3.63, 3.8) is 0 Å². The maximum Gasteiger partial charge on any atom is 0.389 e. The van der Waals surface area contributed by atoms with E-state index in [-0.39, 0.29) is 19.1 Å². The zero-order chi connectivity index (χ0) is 10.5. The largest absolute Gasteiger partial charge is 0.391 e. The molecule has 0 spiro atoms. The van der Waals surface area contributed by atoms with Crippen molar-refractivity contribution in [2.75, 3.05) is 6.61 Å². The van der Waals surface area contributed by atoms with Crippen LogP contribution in [0.4, 0.5) is 13.2 Å². The Morgan fingerprint density at radius 1 is 1.31 bits per heavy atom. The molecule has 0 aromatic carbocycles. The van der Waals surface area contributed by atoms with Crippen LogP contribution in [0.3, 0.4) is 0 Å². The van der Waals surface area contributed by atoms with Gasteiger partial charge in [-0.25, -0.2) is 0 Å². The highest BCUT2D eigenvalue weighted by Gasteiger charge is 2.27. The number of hydrogen-bond donors (Lipinski definition) is 1. The van der Waals surface area contributed by atoms with Gasteiger partial charge in [0.1, 0.15) is 0 Å². The van der Waals surface area contributed by atoms with Crippen molar-refractivity contribution in [2.45, 2.75) is 45.1 Å². The Kier molecular flexibility index (Phi) is 5.32. The second kappa shape index (κ2) is 5.44. The lowest BCUT2D eigenvalue weighted by Crippen LogP contribution is -2.21. The number of rotatable bonds is 5. The van der Waals surface area contributed by atoms with E-state index < -0.39 is 18.7 Å². The van der Waals surface area contributed by atoms with Crippen LogP contribution in [-0.2, 0) is 4.74 Å². The van der Waals surface area contributed by atoms with Crippen LogP contribution in [0, 0.1) is 0 Å². The average Bonchev–Trinajstić information content (AvgIpc) is 1.95. The van der Waals surface area contributed by atoms with Crippen molar-refractivity contribution in [2.24, 2.45) is 0 Å². The van der Waals surface area contributed by atoms with E-state index in [2.05, 4.69) is 0 Å². The number of aliphatic hydroxyl groups excluding tert-OH is 1. The van der Waals surface area contributed by atoms with Gasteiger partial charge in [-0.3, -0.25) is 0 Å². The fraction of sp³-hybridized carbons (Fsp3) is 1.00. The molecule has 80 valence electrons. The van der Waals surface area contributed by atoms with Gasteiger partial charge in [-0.1, -0.05) is 0 Å². The van der Waals surface area contributed by atoms with Crippen molar-refractivity contribution < 1.29 is 23.0 Å². The molecule has 0 rings (SSSR count). The molecular formula is C8H15F3O2. The quantitative estimate of drug-likeness (QED) is 0.736. The standard InChI is InChI=1S/C8H15F3O2/c1-6(2)13-5-7(12)3-4-8(9,10)11/h6-7,12H,3-5H2,1-2H3. The first-order valence-electron chi connectivity index (χ1n) is 4.17. The normalized spacial score (nSPS) is 15.0. The first kappa shape index (κ1) is 12.7. The van der Waals surface area contributed by atoms with Crippen molar-refractivity contribution in [1.82, 2.24) is 0 Å². The van der Waals surface area contributed by atoms with E-state index in [1.807, 2.05) is 0 Å². The Hall–Kier alpha value is -0.290. The maximum absolute atomic E-state index is 11.7. The molecule has 1 N–H and O–H groups in total. The third-order valence-corrected chi connectivity index (χ3v) is 1.38. The van der Waals surface area contributed by atoms with Gasteiger partial charge < -0.3 is 9.84 Å². The van der Waals surface area contributed by atoms with Gasteiger partial charge in [0.2, 0.25) is 0 Å². The average molecular weight is 200 g/mol. The molecule has 0 aliphatic heterocycles. The van der Waals surface area contributed by atoms with E-state index >= 15 is 0 Å². The molecule has 13 heavy (non-hydrogen) atoms. The lowest BCUT2D eigenvalue weighted by molar-refractivity contribution is -0.142. The van der Waals surface area contributed by atoms with E-state index in [0.717, 1.165) is 0 Å². The highest BCUT2D eigenvalue weighted by molar-refractivity contribution is 4.59. The summed E-state index contributed by atoms with van der Waals surface area (Å²) in [5.74, 6) is 0. The number of aliphatic hydroxyl groups is 1. The number of ether oxygens (including phenoxy) is 1. The molecule has 5 heteroatoms. The van der Waals surface area contributed by atoms with Crippen molar-refractivity contribution >= 4 is 0 Å². The molecule has 0 fully saturated rings. The van der Waals surface area contributed by atoms with Crippen molar-refractivity contribution in [3.8, 4) is 0 Å². The van der Waals surface area contributed by atoms with Crippen LogP contribution in [0.5, 0.6) is 0 Å². The van der Waals surface area contributed by atoms with E-state index in [1.54, 1.807) is 13.8 Å². The van der Waals surface area contributed by atoms with Gasteiger partial charge in [0.15, 0.2) is 0 Å². The molecule has 0 bridgehead atoms. The lowest BCUT2D eigenvalue weighted by Gasteiger charge is -2.14. The first-order chi connectivity index (χ1) is 5.81. The Bertz CT molecular complexity index is 134. The summed E-state index contributed by atoms with van der Waals surface area (Å²) in [7, 11) is 0. The van der Waals surface area contributed by atoms with Crippen LogP contribution in [0.2, 0.25) is 0 Å². The molecule has 1 atom stereocenters. The Balaban J connectivity index is 3.46. The summed E-state index contributed by atoms with van der Waals surface area (Å²) < 4.78 is 39.9. The van der Waals surface area contributed by atoms with Gasteiger partial charge in [-0.2, -0.15) is 13.2 Å². The second-order valence-electron chi connectivity index (χ2n) is 3.19. The topological polar surface area (TPSA) is 29.5 Å². The van der Waals surface area contributed by atoms with Gasteiger partial charge in [-0.15, -0.1) is 0 Å². The van der Waals surface area contributed by atoms with E-state index in [9.17, 15) is 13.2 Å². The summed E-state index contributed by atoms with van der Waals surface area (Å²) >= 11 is 0. The molecule has 0 aromatic rings. The zero-order valence-corrected chi connectivity index (χ0v) is 7.77. The molecule has 0 amide bonds. The Morgan fingerprint density at radius 3 is 2.23 bits per heavy atom.